The van der Waals surface area contributed by atoms with E-state index in [9.17, 15) is 9.90 Å². The second kappa shape index (κ2) is 8.50. The molecule has 0 unspecified atom stereocenters. The maximum atomic E-state index is 12.9. The van der Waals surface area contributed by atoms with Crippen LogP contribution in [-0.2, 0) is 9.53 Å². The monoisotopic (exact) mass is 478 g/mol. The van der Waals surface area contributed by atoms with Gasteiger partial charge in [-0.1, -0.05) is 48.7 Å². The van der Waals surface area contributed by atoms with Gasteiger partial charge in [-0.3, -0.25) is 9.69 Å². The number of aliphatic hydroxyl groups is 1. The predicted octanol–water partition coefficient (Wildman–Crippen LogP) is 4.40. The van der Waals surface area contributed by atoms with Crippen LogP contribution in [-0.4, -0.2) is 60.9 Å². The molecular weight excluding hydrogens is 447 g/mol. The van der Waals surface area contributed by atoms with Gasteiger partial charge in [-0.25, -0.2) is 0 Å². The molecule has 1 N–H and O–H groups in total. The van der Waals surface area contributed by atoms with Crippen LogP contribution in [0.1, 0.15) is 33.1 Å². The van der Waals surface area contributed by atoms with Crippen molar-refractivity contribution in [3.05, 3.63) is 39.9 Å². The van der Waals surface area contributed by atoms with Gasteiger partial charge >= 0.3 is 5.97 Å². The molecule has 2 saturated heterocycles. The van der Waals surface area contributed by atoms with Crippen LogP contribution < -0.4 is 4.90 Å². The van der Waals surface area contributed by atoms with Crippen LogP contribution >= 0.6 is 23.2 Å². The van der Waals surface area contributed by atoms with E-state index in [4.69, 9.17) is 27.9 Å². The second-order valence-electron chi connectivity index (χ2n) is 10.2. The zero-order chi connectivity index (χ0) is 22.6. The molecule has 0 amide bonds. The Morgan fingerprint density at radius 2 is 1.94 bits per heavy atom. The van der Waals surface area contributed by atoms with E-state index >= 15 is 0 Å². The summed E-state index contributed by atoms with van der Waals surface area (Å²) in [4.78, 5) is 17.5. The zero-order valence-corrected chi connectivity index (χ0v) is 20.3. The van der Waals surface area contributed by atoms with Crippen molar-refractivity contribution in [3.8, 4) is 0 Å². The largest absolute Gasteiger partial charge is 0.461 e. The van der Waals surface area contributed by atoms with E-state index in [1.54, 1.807) is 0 Å². The lowest BCUT2D eigenvalue weighted by Gasteiger charge is -2.52. The van der Waals surface area contributed by atoms with Crippen molar-refractivity contribution in [2.45, 2.75) is 45.3 Å². The zero-order valence-electron chi connectivity index (χ0n) is 18.8. The van der Waals surface area contributed by atoms with Crippen molar-refractivity contribution < 1.29 is 14.6 Å². The van der Waals surface area contributed by atoms with Gasteiger partial charge in [-0.05, 0) is 37.0 Å². The summed E-state index contributed by atoms with van der Waals surface area (Å²) in [6.45, 7) is 8.52. The first-order valence-electron chi connectivity index (χ1n) is 11.8. The standard InChI is InChI=1S/C25H32Cl2N2O3/c1-15-4-3-5-16-12-21-22(23(30)25(15,16)2)18(24(31)32-21)14-28-8-10-29(11-9-28)17-6-7-19(26)20(27)13-17/h5-7,13,15,18,21-23,30H,3-4,8-12,14H2,1-2H3/t15-,18+,21+,22+,23+,25+/m0/s1. The first kappa shape index (κ1) is 22.5. The number of carbonyl (C=O) groups excluding carboxylic acids is 1. The van der Waals surface area contributed by atoms with Gasteiger partial charge in [0.15, 0.2) is 0 Å². The van der Waals surface area contributed by atoms with E-state index in [0.717, 1.165) is 51.1 Å². The first-order valence-corrected chi connectivity index (χ1v) is 12.5. The fourth-order valence-electron chi connectivity index (χ4n) is 6.42. The molecule has 6 atom stereocenters. The Hall–Kier alpha value is -1.27. The summed E-state index contributed by atoms with van der Waals surface area (Å²) >= 11 is 12.2. The number of rotatable bonds is 3. The molecule has 7 heteroatoms. The number of aliphatic hydroxyl groups excluding tert-OH is 1. The van der Waals surface area contributed by atoms with Crippen molar-refractivity contribution >= 4 is 34.9 Å². The van der Waals surface area contributed by atoms with Gasteiger partial charge in [-0.2, -0.15) is 0 Å². The number of ether oxygens (including phenoxy) is 1. The van der Waals surface area contributed by atoms with Crippen molar-refractivity contribution in [2.24, 2.45) is 23.2 Å². The molecule has 174 valence electrons. The molecule has 2 aliphatic heterocycles. The number of nitrogens with zero attached hydrogens (tertiary/aromatic N) is 2. The number of allylic oxidation sites excluding steroid dienone is 1. The predicted molar refractivity (Wildman–Crippen MR) is 127 cm³/mol. The molecule has 1 aromatic carbocycles. The minimum Gasteiger partial charge on any atom is -0.461 e. The van der Waals surface area contributed by atoms with E-state index in [0.29, 0.717) is 22.5 Å². The van der Waals surface area contributed by atoms with Crippen molar-refractivity contribution in [1.82, 2.24) is 4.90 Å². The van der Waals surface area contributed by atoms with Gasteiger partial charge in [0.05, 0.1) is 22.1 Å². The maximum absolute atomic E-state index is 12.9. The number of carbonyl (C=O) groups is 1. The molecule has 0 spiro atoms. The molecule has 0 radical (unpaired) electrons. The normalized spacial score (nSPS) is 37.5. The number of halogens is 2. The minimum atomic E-state index is -0.545. The topological polar surface area (TPSA) is 53.0 Å². The summed E-state index contributed by atoms with van der Waals surface area (Å²) in [5.41, 5.74) is 2.10. The lowest BCUT2D eigenvalue weighted by molar-refractivity contribution is -0.145. The third kappa shape index (κ3) is 3.66. The molecule has 2 heterocycles. The Labute approximate surface area is 200 Å². The SMILES string of the molecule is C[C@H]1CCC=C2C[C@H]3OC(=O)[C@H](CN4CCN(c5ccc(Cl)c(Cl)c5)CC4)[C@H]3[C@@H](O)[C@@]21C. The Morgan fingerprint density at radius 3 is 2.66 bits per heavy atom. The Kier molecular flexibility index (Phi) is 5.98. The molecule has 5 rings (SSSR count). The van der Waals surface area contributed by atoms with Crippen LogP contribution in [0.4, 0.5) is 5.69 Å². The van der Waals surface area contributed by atoms with Gasteiger partial charge in [-0.15, -0.1) is 0 Å². The first-order chi connectivity index (χ1) is 15.3. The van der Waals surface area contributed by atoms with E-state index in [-0.39, 0.29) is 29.3 Å². The van der Waals surface area contributed by atoms with Crippen molar-refractivity contribution in [2.75, 3.05) is 37.6 Å². The fraction of sp³-hybridized carbons (Fsp3) is 0.640. The Balaban J connectivity index is 1.27. The number of hydrogen-bond acceptors (Lipinski definition) is 5. The van der Waals surface area contributed by atoms with Crippen LogP contribution in [0.3, 0.4) is 0 Å². The molecule has 5 nitrogen and oxygen atoms in total. The van der Waals surface area contributed by atoms with Crippen LogP contribution in [0.25, 0.3) is 0 Å². The summed E-state index contributed by atoms with van der Waals surface area (Å²) < 4.78 is 5.83. The van der Waals surface area contributed by atoms with E-state index in [1.165, 1.54) is 5.57 Å². The molecule has 0 bridgehead atoms. The highest BCUT2D eigenvalue weighted by Gasteiger charge is 2.59. The molecule has 0 aromatic heterocycles. The summed E-state index contributed by atoms with van der Waals surface area (Å²) in [5, 5.41) is 12.7. The number of benzene rings is 1. The maximum Gasteiger partial charge on any atom is 0.311 e. The van der Waals surface area contributed by atoms with Crippen LogP contribution in [0.15, 0.2) is 29.8 Å². The summed E-state index contributed by atoms with van der Waals surface area (Å²) in [6, 6.07) is 5.74. The lowest BCUT2D eigenvalue weighted by atomic mass is 9.55. The lowest BCUT2D eigenvalue weighted by Crippen LogP contribution is -2.55. The highest BCUT2D eigenvalue weighted by Crippen LogP contribution is 2.56. The van der Waals surface area contributed by atoms with Gasteiger partial charge in [0.1, 0.15) is 6.10 Å². The average molecular weight is 479 g/mol. The highest BCUT2D eigenvalue weighted by molar-refractivity contribution is 6.42. The molecular formula is C25H32Cl2N2O3. The van der Waals surface area contributed by atoms with Crippen molar-refractivity contribution in [3.63, 3.8) is 0 Å². The molecule has 1 aromatic rings. The smallest absolute Gasteiger partial charge is 0.311 e. The van der Waals surface area contributed by atoms with E-state index in [2.05, 4.69) is 29.7 Å². The van der Waals surface area contributed by atoms with E-state index in [1.807, 2.05) is 18.2 Å². The summed E-state index contributed by atoms with van der Waals surface area (Å²) in [6.07, 6.45) is 4.46. The quantitative estimate of drug-likeness (QED) is 0.515. The molecule has 1 saturated carbocycles. The second-order valence-corrected chi connectivity index (χ2v) is 11.0. The number of hydrogen-bond donors (Lipinski definition) is 1. The Bertz CT molecular complexity index is 930. The number of fused-ring (bicyclic) bond motifs is 2. The van der Waals surface area contributed by atoms with Crippen LogP contribution in [0.5, 0.6) is 0 Å². The van der Waals surface area contributed by atoms with Crippen LogP contribution in [0.2, 0.25) is 10.0 Å². The summed E-state index contributed by atoms with van der Waals surface area (Å²) in [7, 11) is 0. The number of piperazine rings is 1. The fourth-order valence-corrected chi connectivity index (χ4v) is 6.71. The number of esters is 1. The molecule has 2 aliphatic carbocycles. The average Bonchev–Trinajstić information content (AvgIpc) is 3.08. The van der Waals surface area contributed by atoms with E-state index < -0.39 is 6.10 Å². The van der Waals surface area contributed by atoms with Gasteiger partial charge in [0, 0.05) is 56.2 Å². The minimum absolute atomic E-state index is 0.127. The summed E-state index contributed by atoms with van der Waals surface area (Å²) in [5.74, 6) is -0.122. The number of anilines is 1. The third-order valence-electron chi connectivity index (χ3n) is 8.67. The Morgan fingerprint density at radius 1 is 1.19 bits per heavy atom. The molecule has 4 aliphatic rings. The molecule has 32 heavy (non-hydrogen) atoms. The third-order valence-corrected chi connectivity index (χ3v) is 9.40. The molecule has 3 fully saturated rings. The van der Waals surface area contributed by atoms with Crippen LogP contribution in [0, 0.1) is 23.2 Å². The van der Waals surface area contributed by atoms with Gasteiger partial charge in [0.25, 0.3) is 0 Å². The van der Waals surface area contributed by atoms with Gasteiger partial charge in [0.2, 0.25) is 0 Å². The highest BCUT2D eigenvalue weighted by atomic mass is 35.5. The van der Waals surface area contributed by atoms with Gasteiger partial charge < -0.3 is 14.7 Å². The van der Waals surface area contributed by atoms with Crippen molar-refractivity contribution in [1.29, 1.82) is 0 Å².